The SMILES string of the molecule is CCOc1nc(N2CC[C@@H](NC)C2)ncc1C(=O)Nc1ccc2nn(C)cc2c1.O=CO. The first-order valence-corrected chi connectivity index (χ1v) is 10.2. The van der Waals surface area contributed by atoms with Gasteiger partial charge in [0.05, 0.1) is 12.1 Å². The van der Waals surface area contributed by atoms with Gasteiger partial charge in [0.15, 0.2) is 0 Å². The first-order chi connectivity index (χ1) is 15.5. The number of hydrogen-bond donors (Lipinski definition) is 3. The van der Waals surface area contributed by atoms with E-state index in [1.54, 1.807) is 4.68 Å². The van der Waals surface area contributed by atoms with Crippen molar-refractivity contribution in [1.82, 2.24) is 25.1 Å². The fourth-order valence-corrected chi connectivity index (χ4v) is 3.52. The van der Waals surface area contributed by atoms with Gasteiger partial charge in [0.25, 0.3) is 12.4 Å². The smallest absolute Gasteiger partial charge is 0.290 e. The number of hydrogen-bond acceptors (Lipinski definition) is 8. The van der Waals surface area contributed by atoms with E-state index in [-0.39, 0.29) is 12.4 Å². The summed E-state index contributed by atoms with van der Waals surface area (Å²) in [4.78, 5) is 32.3. The quantitative estimate of drug-likeness (QED) is 0.487. The topological polar surface area (TPSA) is 134 Å². The summed E-state index contributed by atoms with van der Waals surface area (Å²) >= 11 is 0. The number of amides is 1. The molecule has 0 unspecified atom stereocenters. The van der Waals surface area contributed by atoms with Crippen molar-refractivity contribution in [1.29, 1.82) is 0 Å². The van der Waals surface area contributed by atoms with Crippen LogP contribution in [0, 0.1) is 0 Å². The first-order valence-electron chi connectivity index (χ1n) is 10.2. The third-order valence-corrected chi connectivity index (χ3v) is 5.02. The van der Waals surface area contributed by atoms with E-state index < -0.39 is 0 Å². The van der Waals surface area contributed by atoms with E-state index in [4.69, 9.17) is 14.6 Å². The highest BCUT2D eigenvalue weighted by molar-refractivity contribution is 6.06. The van der Waals surface area contributed by atoms with Crippen LogP contribution in [0.25, 0.3) is 10.9 Å². The third kappa shape index (κ3) is 5.30. The largest absolute Gasteiger partial charge is 0.483 e. The second kappa shape index (κ2) is 10.5. The van der Waals surface area contributed by atoms with Crippen LogP contribution < -0.4 is 20.3 Å². The second-order valence-electron chi connectivity index (χ2n) is 7.18. The number of ether oxygens (including phenoxy) is 1. The molecule has 1 saturated heterocycles. The zero-order valence-electron chi connectivity index (χ0n) is 18.3. The van der Waals surface area contributed by atoms with Gasteiger partial charge >= 0.3 is 0 Å². The van der Waals surface area contributed by atoms with E-state index in [1.165, 1.54) is 6.20 Å². The Morgan fingerprint density at radius 3 is 2.88 bits per heavy atom. The summed E-state index contributed by atoms with van der Waals surface area (Å²) in [6.07, 6.45) is 4.48. The Bertz CT molecular complexity index is 1090. The number of fused-ring (bicyclic) bond motifs is 1. The van der Waals surface area contributed by atoms with E-state index in [0.29, 0.717) is 35.7 Å². The number of aryl methyl sites for hydroxylation is 1. The zero-order valence-corrected chi connectivity index (χ0v) is 18.3. The second-order valence-corrected chi connectivity index (χ2v) is 7.18. The van der Waals surface area contributed by atoms with Gasteiger partial charge in [0.2, 0.25) is 11.8 Å². The molecule has 3 aromatic rings. The summed E-state index contributed by atoms with van der Waals surface area (Å²) in [5.74, 6) is 0.572. The van der Waals surface area contributed by atoms with E-state index in [1.807, 2.05) is 45.4 Å². The molecule has 0 bridgehead atoms. The van der Waals surface area contributed by atoms with Crippen LogP contribution >= 0.6 is 0 Å². The molecule has 0 radical (unpaired) electrons. The molecule has 0 saturated carbocycles. The van der Waals surface area contributed by atoms with Gasteiger partial charge in [-0.25, -0.2) is 4.98 Å². The molecule has 0 aliphatic carbocycles. The van der Waals surface area contributed by atoms with Crippen molar-refractivity contribution in [2.24, 2.45) is 7.05 Å². The molecule has 4 rings (SSSR count). The molecule has 1 aliphatic heterocycles. The maximum Gasteiger partial charge on any atom is 0.290 e. The van der Waals surface area contributed by atoms with Gasteiger partial charge in [-0.15, -0.1) is 0 Å². The van der Waals surface area contributed by atoms with Crippen molar-refractivity contribution in [2.45, 2.75) is 19.4 Å². The minimum atomic E-state index is -0.308. The molecule has 32 heavy (non-hydrogen) atoms. The number of benzene rings is 1. The fraction of sp³-hybridized carbons (Fsp3) is 0.381. The molecule has 1 amide bonds. The number of anilines is 2. The van der Waals surface area contributed by atoms with Gasteiger partial charge in [0.1, 0.15) is 5.56 Å². The number of nitrogens with zero attached hydrogens (tertiary/aromatic N) is 5. The van der Waals surface area contributed by atoms with Crippen LogP contribution in [0.3, 0.4) is 0 Å². The molecular formula is C21H27N7O4. The Hall–Kier alpha value is -3.73. The molecular weight excluding hydrogens is 414 g/mol. The third-order valence-electron chi connectivity index (χ3n) is 5.02. The highest BCUT2D eigenvalue weighted by atomic mass is 16.5. The van der Waals surface area contributed by atoms with Crippen LogP contribution in [-0.2, 0) is 11.8 Å². The molecule has 1 aromatic carbocycles. The summed E-state index contributed by atoms with van der Waals surface area (Å²) in [6.45, 7) is 3.73. The van der Waals surface area contributed by atoms with Gasteiger partial charge in [-0.05, 0) is 38.6 Å². The number of likely N-dealkylation sites (N-methyl/N-ethyl adjacent to an activating group) is 1. The highest BCUT2D eigenvalue weighted by Gasteiger charge is 2.25. The molecule has 2 aromatic heterocycles. The Labute approximate surface area is 185 Å². The number of rotatable bonds is 6. The van der Waals surface area contributed by atoms with Crippen LogP contribution in [-0.4, -0.2) is 70.0 Å². The Kier molecular flexibility index (Phi) is 7.55. The summed E-state index contributed by atoms with van der Waals surface area (Å²) in [5.41, 5.74) is 1.86. The minimum absolute atomic E-state index is 0.250. The number of carbonyl (C=O) groups excluding carboxylic acids is 1. The lowest BCUT2D eigenvalue weighted by Crippen LogP contribution is -2.30. The molecule has 11 heteroatoms. The Morgan fingerprint density at radius 1 is 1.41 bits per heavy atom. The molecule has 170 valence electrons. The van der Waals surface area contributed by atoms with Crippen molar-refractivity contribution in [3.63, 3.8) is 0 Å². The first kappa shape index (κ1) is 22.9. The lowest BCUT2D eigenvalue weighted by Gasteiger charge is -2.18. The zero-order chi connectivity index (χ0) is 23.1. The van der Waals surface area contributed by atoms with E-state index in [2.05, 4.69) is 30.6 Å². The fourth-order valence-electron chi connectivity index (χ4n) is 3.52. The lowest BCUT2D eigenvalue weighted by atomic mass is 10.2. The molecule has 3 N–H and O–H groups in total. The van der Waals surface area contributed by atoms with Crippen molar-refractivity contribution in [3.8, 4) is 5.88 Å². The average molecular weight is 441 g/mol. The summed E-state index contributed by atoms with van der Waals surface area (Å²) in [5, 5.41) is 18.4. The Balaban J connectivity index is 0.000000913. The summed E-state index contributed by atoms with van der Waals surface area (Å²) in [6, 6.07) is 6.00. The number of aromatic nitrogens is 4. The van der Waals surface area contributed by atoms with E-state index >= 15 is 0 Å². The Morgan fingerprint density at radius 2 is 2.19 bits per heavy atom. The predicted molar refractivity (Wildman–Crippen MR) is 120 cm³/mol. The minimum Gasteiger partial charge on any atom is -0.483 e. The molecule has 1 aliphatic rings. The van der Waals surface area contributed by atoms with Crippen molar-refractivity contribution >= 4 is 34.9 Å². The van der Waals surface area contributed by atoms with Gasteiger partial charge in [-0.2, -0.15) is 10.1 Å². The van der Waals surface area contributed by atoms with Crippen molar-refractivity contribution < 1.29 is 19.4 Å². The lowest BCUT2D eigenvalue weighted by molar-refractivity contribution is -0.122. The van der Waals surface area contributed by atoms with Gasteiger partial charge in [-0.1, -0.05) is 0 Å². The van der Waals surface area contributed by atoms with E-state index in [9.17, 15) is 4.79 Å². The number of carbonyl (C=O) groups is 2. The van der Waals surface area contributed by atoms with Crippen molar-refractivity contribution in [3.05, 3.63) is 36.2 Å². The molecule has 1 fully saturated rings. The standard InChI is InChI=1S/C20H25N7O2.CH2O2/c1-4-29-19-16(10-22-20(24-19)27-8-7-15(12-27)21-2)18(28)23-14-5-6-17-13(9-14)11-26(3)25-17;2-1-3/h5-6,9-11,15,21H,4,7-8,12H2,1-3H3,(H,23,28);1H,(H,2,3)/t15-;/m1./s1. The monoisotopic (exact) mass is 441 g/mol. The van der Waals surface area contributed by atoms with Crippen LogP contribution in [0.5, 0.6) is 5.88 Å². The normalized spacial score (nSPS) is 15.2. The van der Waals surface area contributed by atoms with Gasteiger partial charge in [-0.3, -0.25) is 14.3 Å². The van der Waals surface area contributed by atoms with Crippen molar-refractivity contribution in [2.75, 3.05) is 37.0 Å². The van der Waals surface area contributed by atoms with Crippen LogP contribution in [0.15, 0.2) is 30.6 Å². The molecule has 1 atom stereocenters. The van der Waals surface area contributed by atoms with Gasteiger partial charge in [0, 0.05) is 49.6 Å². The van der Waals surface area contributed by atoms with Crippen LogP contribution in [0.2, 0.25) is 0 Å². The average Bonchev–Trinajstić information content (AvgIpc) is 3.40. The molecule has 0 spiro atoms. The van der Waals surface area contributed by atoms with Crippen LogP contribution in [0.1, 0.15) is 23.7 Å². The maximum atomic E-state index is 12.9. The number of nitrogens with one attached hydrogen (secondary N) is 2. The maximum absolute atomic E-state index is 12.9. The van der Waals surface area contributed by atoms with Crippen LogP contribution in [0.4, 0.5) is 11.6 Å². The summed E-state index contributed by atoms with van der Waals surface area (Å²) < 4.78 is 7.40. The highest BCUT2D eigenvalue weighted by Crippen LogP contribution is 2.24. The summed E-state index contributed by atoms with van der Waals surface area (Å²) in [7, 11) is 3.82. The van der Waals surface area contributed by atoms with Gasteiger partial charge < -0.3 is 25.4 Å². The molecule has 3 heterocycles. The number of carboxylic acid groups (broad SMARTS) is 1. The molecule has 11 nitrogen and oxygen atoms in total. The van der Waals surface area contributed by atoms with E-state index in [0.717, 1.165) is 30.4 Å². The predicted octanol–water partition coefficient (Wildman–Crippen LogP) is 1.51.